The monoisotopic (exact) mass is 961 g/mol. The van der Waals surface area contributed by atoms with Crippen LogP contribution in [0.2, 0.25) is 0 Å². The van der Waals surface area contributed by atoms with Crippen molar-refractivity contribution in [1.82, 2.24) is 10.6 Å². The zero-order valence-electron chi connectivity index (χ0n) is 43.3. The van der Waals surface area contributed by atoms with Crippen molar-refractivity contribution in [3.05, 3.63) is 107 Å². The number of rotatable bonds is 14. The summed E-state index contributed by atoms with van der Waals surface area (Å²) in [5.41, 5.74) is 2.99. The molecule has 70 heavy (non-hydrogen) atoms. The molecule has 3 saturated carbocycles. The number of piperidine rings is 2. The highest BCUT2D eigenvalue weighted by atomic mass is 16.6. The average molecular weight is 961 g/mol. The van der Waals surface area contributed by atoms with E-state index in [2.05, 4.69) is 22.8 Å². The molecular formula is C60H84N2O8. The van der Waals surface area contributed by atoms with Crippen molar-refractivity contribution in [2.75, 3.05) is 13.1 Å². The number of Topliss-reactive ketones (excluding diaryl/α,β-unsaturated/α-hetero) is 2. The predicted molar refractivity (Wildman–Crippen MR) is 276 cm³/mol. The Kier molecular flexibility index (Phi) is 19.5. The fourth-order valence-corrected chi connectivity index (χ4v) is 11.6. The summed E-state index contributed by atoms with van der Waals surface area (Å²) in [5, 5.41) is 7.17. The number of hydrogen-bond donors (Lipinski definition) is 2. The molecular weight excluding hydrogens is 877 g/mol. The van der Waals surface area contributed by atoms with Gasteiger partial charge >= 0.3 is 11.9 Å². The van der Waals surface area contributed by atoms with Crippen LogP contribution in [0.3, 0.4) is 0 Å². The molecule has 8 rings (SSSR count). The molecule has 0 spiro atoms. The molecule has 2 N–H and O–H groups in total. The number of ketones is 2. The molecule has 0 aromatic heterocycles. The van der Waals surface area contributed by atoms with E-state index in [0.717, 1.165) is 43.4 Å². The summed E-state index contributed by atoms with van der Waals surface area (Å²) in [7, 11) is 0. The van der Waals surface area contributed by atoms with Crippen molar-refractivity contribution in [2.45, 2.75) is 217 Å². The van der Waals surface area contributed by atoms with Gasteiger partial charge in [-0.1, -0.05) is 125 Å². The van der Waals surface area contributed by atoms with E-state index in [1.165, 1.54) is 89.0 Å². The standard InChI is InChI=1S/C30H45NO4.C30H39NO4/c2*1-30(2,3)35-29(33)23-16-14-21(15-17-23)18-27(32)28-26(22-10-6-4-7-11-22)19-25(20-31-28)34-24-12-8-5-9-13-24/h14-17,22,24-26,28,31H,4-13,18-20H2,1-3H3;4,6-7,10-11,14-17,24-26,28,31H,5,8-9,12-13,18-20H2,1-3H3/t2*25-,26-,28-/m00/s1. The van der Waals surface area contributed by atoms with Gasteiger partial charge in [0.1, 0.15) is 11.2 Å². The lowest BCUT2D eigenvalue weighted by molar-refractivity contribution is -0.126. The number of nitrogens with one attached hydrogen (secondary N) is 2. The third kappa shape index (κ3) is 16.4. The number of esters is 2. The van der Waals surface area contributed by atoms with Crippen LogP contribution in [0.15, 0.2) is 78.9 Å². The van der Waals surface area contributed by atoms with Gasteiger partial charge in [-0.3, -0.25) is 9.59 Å². The molecule has 3 aliphatic carbocycles. The van der Waals surface area contributed by atoms with Crippen molar-refractivity contribution in [3.63, 3.8) is 0 Å². The van der Waals surface area contributed by atoms with Gasteiger partial charge in [-0.2, -0.15) is 0 Å². The summed E-state index contributed by atoms with van der Waals surface area (Å²) in [6.07, 6.45) is 22.4. The first-order valence-electron chi connectivity index (χ1n) is 27.1. The SMILES string of the molecule is CC(C)(C)OC(=O)c1ccc(CC(=O)[C@H]2NC[C@@H](OC3CCCCC3)C[C@H]2C2CCCCC2)cc1.CC(C)(C)OC(=O)c1ccc(CC(=O)[C@H]2NC[C@@H](OC3CCCCC3)C[C@H]2c2ccccc2)cc1. The minimum atomic E-state index is -0.538. The summed E-state index contributed by atoms with van der Waals surface area (Å²) in [4.78, 5) is 51.6. The quantitative estimate of drug-likeness (QED) is 0.151. The second-order valence-electron chi connectivity index (χ2n) is 23.0. The lowest BCUT2D eigenvalue weighted by Gasteiger charge is -2.43. The van der Waals surface area contributed by atoms with Crippen LogP contribution in [0, 0.1) is 11.8 Å². The number of carbonyl (C=O) groups excluding carboxylic acids is 4. The molecule has 0 radical (unpaired) electrons. The molecule has 3 aromatic carbocycles. The van der Waals surface area contributed by atoms with Crippen molar-refractivity contribution in [3.8, 4) is 0 Å². The lowest BCUT2D eigenvalue weighted by Crippen LogP contribution is -2.55. The van der Waals surface area contributed by atoms with Gasteiger partial charge in [-0.25, -0.2) is 9.59 Å². The smallest absolute Gasteiger partial charge is 0.338 e. The molecule has 0 bridgehead atoms. The molecule has 5 fully saturated rings. The normalized spacial score (nSPS) is 25.2. The molecule has 3 aromatic rings. The molecule has 0 unspecified atom stereocenters. The van der Waals surface area contributed by atoms with Crippen LogP contribution in [-0.2, 0) is 41.4 Å². The zero-order valence-corrected chi connectivity index (χ0v) is 43.3. The average Bonchev–Trinajstić information content (AvgIpc) is 3.34. The third-order valence-electron chi connectivity index (χ3n) is 15.0. The lowest BCUT2D eigenvalue weighted by atomic mass is 9.71. The topological polar surface area (TPSA) is 129 Å². The van der Waals surface area contributed by atoms with E-state index in [9.17, 15) is 19.2 Å². The predicted octanol–water partition coefficient (Wildman–Crippen LogP) is 11.6. The molecule has 10 heteroatoms. The number of hydrogen-bond acceptors (Lipinski definition) is 10. The van der Waals surface area contributed by atoms with Crippen molar-refractivity contribution in [2.24, 2.45) is 11.8 Å². The Balaban J connectivity index is 0.000000206. The Labute approximate surface area is 419 Å². The number of benzene rings is 3. The minimum absolute atomic E-state index is 0.0760. The first kappa shape index (κ1) is 53.6. The molecule has 10 nitrogen and oxygen atoms in total. The fourth-order valence-electron chi connectivity index (χ4n) is 11.6. The van der Waals surface area contributed by atoms with Gasteiger partial charge in [0.05, 0.1) is 47.6 Å². The van der Waals surface area contributed by atoms with Gasteiger partial charge in [0.2, 0.25) is 0 Å². The first-order chi connectivity index (χ1) is 33.6. The first-order valence-corrected chi connectivity index (χ1v) is 27.1. The Morgan fingerprint density at radius 3 is 1.36 bits per heavy atom. The second-order valence-corrected chi connectivity index (χ2v) is 23.0. The summed E-state index contributed by atoms with van der Waals surface area (Å²) < 4.78 is 23.9. The molecule has 2 aliphatic heterocycles. The maximum Gasteiger partial charge on any atom is 0.338 e. The van der Waals surface area contributed by atoms with Gasteiger partial charge < -0.3 is 29.6 Å². The van der Waals surface area contributed by atoms with E-state index in [1.807, 2.05) is 84.0 Å². The van der Waals surface area contributed by atoms with E-state index in [1.54, 1.807) is 24.3 Å². The van der Waals surface area contributed by atoms with Crippen LogP contribution < -0.4 is 10.6 Å². The molecule has 2 heterocycles. The van der Waals surface area contributed by atoms with Gasteiger partial charge in [0.15, 0.2) is 11.6 Å². The summed E-state index contributed by atoms with van der Waals surface area (Å²) in [5.74, 6) is 0.792. The van der Waals surface area contributed by atoms with Gasteiger partial charge in [-0.15, -0.1) is 0 Å². The van der Waals surface area contributed by atoms with E-state index < -0.39 is 11.2 Å². The van der Waals surface area contributed by atoms with Gasteiger partial charge in [0.25, 0.3) is 0 Å². The highest BCUT2D eigenvalue weighted by molar-refractivity contribution is 5.91. The zero-order chi connectivity index (χ0) is 49.7. The maximum atomic E-state index is 13.5. The largest absolute Gasteiger partial charge is 0.456 e. The third-order valence-corrected chi connectivity index (χ3v) is 15.0. The summed E-state index contributed by atoms with van der Waals surface area (Å²) >= 11 is 0. The van der Waals surface area contributed by atoms with Gasteiger partial charge in [-0.05, 0) is 133 Å². The van der Waals surface area contributed by atoms with Crippen LogP contribution in [-0.4, -0.2) is 84.3 Å². The molecule has 0 amide bonds. The van der Waals surface area contributed by atoms with Crippen LogP contribution in [0.1, 0.15) is 194 Å². The molecule has 6 atom stereocenters. The van der Waals surface area contributed by atoms with E-state index >= 15 is 0 Å². The number of carbonyl (C=O) groups is 4. The maximum absolute atomic E-state index is 13.5. The Bertz CT molecular complexity index is 2110. The van der Waals surface area contributed by atoms with E-state index in [4.69, 9.17) is 18.9 Å². The van der Waals surface area contributed by atoms with Crippen molar-refractivity contribution < 1.29 is 38.1 Å². The fraction of sp³-hybridized carbons (Fsp3) is 0.633. The van der Waals surface area contributed by atoms with Crippen molar-refractivity contribution in [1.29, 1.82) is 0 Å². The minimum Gasteiger partial charge on any atom is -0.456 e. The van der Waals surface area contributed by atoms with Crippen LogP contribution in [0.25, 0.3) is 0 Å². The molecule has 5 aliphatic rings. The summed E-state index contributed by atoms with van der Waals surface area (Å²) in [6.45, 7) is 12.6. The van der Waals surface area contributed by atoms with Crippen LogP contribution >= 0.6 is 0 Å². The molecule has 2 saturated heterocycles. The van der Waals surface area contributed by atoms with E-state index in [0.29, 0.717) is 54.6 Å². The van der Waals surface area contributed by atoms with Gasteiger partial charge in [0, 0.05) is 31.8 Å². The Morgan fingerprint density at radius 1 is 0.486 bits per heavy atom. The highest BCUT2D eigenvalue weighted by Gasteiger charge is 2.41. The summed E-state index contributed by atoms with van der Waals surface area (Å²) in [6, 6.07) is 24.5. The Hall–Kier alpha value is -4.22. The Morgan fingerprint density at radius 2 is 0.900 bits per heavy atom. The number of ether oxygens (including phenoxy) is 4. The molecule has 382 valence electrons. The highest BCUT2D eigenvalue weighted by Crippen LogP contribution is 2.38. The second kappa shape index (κ2) is 25.4. The van der Waals surface area contributed by atoms with Crippen molar-refractivity contribution >= 4 is 23.5 Å². The van der Waals surface area contributed by atoms with Crippen LogP contribution in [0.4, 0.5) is 0 Å². The van der Waals surface area contributed by atoms with E-state index in [-0.39, 0.29) is 53.7 Å². The van der Waals surface area contributed by atoms with Crippen LogP contribution in [0.5, 0.6) is 0 Å².